The first-order valence-corrected chi connectivity index (χ1v) is 11.8. The number of thioether (sulfide) groups is 1. The molecule has 0 atom stereocenters. The highest BCUT2D eigenvalue weighted by Gasteiger charge is 2.23. The highest BCUT2D eigenvalue weighted by molar-refractivity contribution is 7.98. The zero-order chi connectivity index (χ0) is 21.6. The number of carbonyl (C=O) groups is 1. The van der Waals surface area contributed by atoms with E-state index < -0.39 is 15.9 Å². The summed E-state index contributed by atoms with van der Waals surface area (Å²) in [5.41, 5.74) is 1.63. The molecule has 0 aliphatic carbocycles. The van der Waals surface area contributed by atoms with Crippen LogP contribution in [0.15, 0.2) is 82.8 Å². The number of aromatic nitrogens is 1. The van der Waals surface area contributed by atoms with Gasteiger partial charge in [0, 0.05) is 29.7 Å². The van der Waals surface area contributed by atoms with Gasteiger partial charge in [0.25, 0.3) is 0 Å². The summed E-state index contributed by atoms with van der Waals surface area (Å²) in [6, 6.07) is 19.0. The molecule has 0 aliphatic heterocycles. The molecule has 30 heavy (non-hydrogen) atoms. The van der Waals surface area contributed by atoms with Crippen molar-refractivity contribution >= 4 is 45.0 Å². The van der Waals surface area contributed by atoms with Crippen LogP contribution in [0.25, 0.3) is 0 Å². The maximum atomic E-state index is 12.6. The van der Waals surface area contributed by atoms with E-state index in [9.17, 15) is 13.2 Å². The topological polar surface area (TPSA) is 79.4 Å². The number of pyridine rings is 1. The Bertz CT molecular complexity index is 1110. The highest BCUT2D eigenvalue weighted by atomic mass is 35.5. The van der Waals surface area contributed by atoms with E-state index in [1.807, 2.05) is 36.4 Å². The number of anilines is 1. The summed E-state index contributed by atoms with van der Waals surface area (Å²) in [5.74, 6) is 0.274. The number of nitrogens with zero attached hydrogens (tertiary/aromatic N) is 2. The molecule has 0 unspecified atom stereocenters. The van der Waals surface area contributed by atoms with Crippen molar-refractivity contribution in [3.8, 4) is 0 Å². The lowest BCUT2D eigenvalue weighted by Gasteiger charge is -2.17. The van der Waals surface area contributed by atoms with E-state index in [1.165, 1.54) is 31.3 Å². The van der Waals surface area contributed by atoms with Gasteiger partial charge >= 0.3 is 0 Å². The Morgan fingerprint density at radius 1 is 1.10 bits per heavy atom. The number of benzene rings is 2. The van der Waals surface area contributed by atoms with Gasteiger partial charge < -0.3 is 5.32 Å². The van der Waals surface area contributed by atoms with Gasteiger partial charge in [-0.25, -0.2) is 13.4 Å². The van der Waals surface area contributed by atoms with Crippen molar-refractivity contribution in [1.29, 1.82) is 0 Å². The van der Waals surface area contributed by atoms with Crippen molar-refractivity contribution in [2.45, 2.75) is 15.7 Å². The normalized spacial score (nSPS) is 11.4. The molecule has 3 aromatic rings. The van der Waals surface area contributed by atoms with E-state index in [-0.39, 0.29) is 11.4 Å². The molecule has 0 radical (unpaired) electrons. The fourth-order valence-corrected chi connectivity index (χ4v) is 4.66. The average molecular weight is 462 g/mol. The van der Waals surface area contributed by atoms with E-state index in [1.54, 1.807) is 24.0 Å². The molecule has 1 aromatic heterocycles. The quantitative estimate of drug-likeness (QED) is 0.506. The Balaban J connectivity index is 1.59. The van der Waals surface area contributed by atoms with Crippen molar-refractivity contribution in [3.63, 3.8) is 0 Å². The first-order chi connectivity index (χ1) is 14.3. The van der Waals surface area contributed by atoms with Crippen LogP contribution in [-0.2, 0) is 20.6 Å². The zero-order valence-electron chi connectivity index (χ0n) is 16.2. The summed E-state index contributed by atoms with van der Waals surface area (Å²) in [7, 11) is -2.42. The molecule has 6 nitrogen and oxygen atoms in total. The minimum absolute atomic E-state index is 0.0794. The van der Waals surface area contributed by atoms with Crippen LogP contribution in [0.2, 0.25) is 5.02 Å². The first-order valence-electron chi connectivity index (χ1n) is 8.99. The molecule has 1 amide bonds. The first kappa shape index (κ1) is 22.3. The van der Waals surface area contributed by atoms with Crippen LogP contribution in [0.1, 0.15) is 5.56 Å². The Kier molecular flexibility index (Phi) is 7.49. The highest BCUT2D eigenvalue weighted by Crippen LogP contribution is 2.22. The second kappa shape index (κ2) is 10.1. The minimum atomic E-state index is -3.79. The summed E-state index contributed by atoms with van der Waals surface area (Å²) in [4.78, 5) is 16.7. The molecule has 2 aromatic carbocycles. The Labute approximate surface area is 185 Å². The Morgan fingerprint density at radius 3 is 2.57 bits per heavy atom. The molecule has 0 bridgehead atoms. The fraction of sp³-hybridized carbons (Fsp3) is 0.143. The number of carbonyl (C=O) groups excluding carboxylic acids is 1. The number of hydrogen-bond acceptors (Lipinski definition) is 5. The molecule has 1 N–H and O–H groups in total. The lowest BCUT2D eigenvalue weighted by Crippen LogP contribution is -2.34. The predicted octanol–water partition coefficient (Wildman–Crippen LogP) is 4.29. The third-order valence-electron chi connectivity index (χ3n) is 4.12. The zero-order valence-corrected chi connectivity index (χ0v) is 18.5. The largest absolute Gasteiger partial charge is 0.325 e. The number of amides is 1. The van der Waals surface area contributed by atoms with Gasteiger partial charge in [-0.2, -0.15) is 4.31 Å². The molecule has 0 saturated carbocycles. The number of sulfonamides is 1. The number of nitrogens with one attached hydrogen (secondary N) is 1. The maximum absolute atomic E-state index is 12.6. The van der Waals surface area contributed by atoms with Crippen LogP contribution >= 0.6 is 23.4 Å². The van der Waals surface area contributed by atoms with Gasteiger partial charge in [-0.1, -0.05) is 29.8 Å². The van der Waals surface area contributed by atoms with Crippen molar-refractivity contribution in [1.82, 2.24) is 9.29 Å². The van der Waals surface area contributed by atoms with E-state index in [4.69, 9.17) is 11.6 Å². The van der Waals surface area contributed by atoms with E-state index in [0.29, 0.717) is 16.5 Å². The van der Waals surface area contributed by atoms with Gasteiger partial charge in [0.15, 0.2) is 0 Å². The second-order valence-electron chi connectivity index (χ2n) is 6.42. The number of hydrogen-bond donors (Lipinski definition) is 1. The Hall–Kier alpha value is -2.39. The van der Waals surface area contributed by atoms with Crippen molar-refractivity contribution in [2.75, 3.05) is 18.9 Å². The van der Waals surface area contributed by atoms with Crippen LogP contribution in [0.3, 0.4) is 0 Å². The molecule has 3 rings (SSSR count). The maximum Gasteiger partial charge on any atom is 0.243 e. The lowest BCUT2D eigenvalue weighted by molar-refractivity contribution is -0.116. The number of halogens is 1. The summed E-state index contributed by atoms with van der Waals surface area (Å²) >= 11 is 7.40. The second-order valence-corrected chi connectivity index (χ2v) is 9.90. The number of rotatable bonds is 8. The van der Waals surface area contributed by atoms with E-state index >= 15 is 0 Å². The standard InChI is InChI=1S/C21H20ClN3O3S2/c1-25(30(27,28)19-10-8-17(22)9-11-19)14-20(26)24-18-6-4-5-16(13-18)15-29-21-7-2-3-12-23-21/h2-13H,14-15H2,1H3,(H,24,26). The molecule has 0 spiro atoms. The molecule has 0 aliphatic rings. The minimum Gasteiger partial charge on any atom is -0.325 e. The van der Waals surface area contributed by atoms with E-state index in [0.717, 1.165) is 14.9 Å². The van der Waals surface area contributed by atoms with Crippen LogP contribution in [0, 0.1) is 0 Å². The summed E-state index contributed by atoms with van der Waals surface area (Å²) in [5, 5.41) is 4.11. The molecule has 1 heterocycles. The number of likely N-dealkylation sites (N-methyl/N-ethyl adjacent to an activating group) is 1. The summed E-state index contributed by atoms with van der Waals surface area (Å²) in [6.07, 6.45) is 1.74. The van der Waals surface area contributed by atoms with Gasteiger partial charge in [-0.3, -0.25) is 4.79 Å². The van der Waals surface area contributed by atoms with Crippen LogP contribution in [0.5, 0.6) is 0 Å². The van der Waals surface area contributed by atoms with Crippen molar-refractivity contribution < 1.29 is 13.2 Å². The van der Waals surface area contributed by atoms with Crippen molar-refractivity contribution in [3.05, 3.63) is 83.5 Å². The SMILES string of the molecule is CN(CC(=O)Nc1cccc(CSc2ccccn2)c1)S(=O)(=O)c1ccc(Cl)cc1. The molecular formula is C21H20ClN3O3S2. The predicted molar refractivity (Wildman–Crippen MR) is 120 cm³/mol. The van der Waals surface area contributed by atoms with Crippen LogP contribution in [0.4, 0.5) is 5.69 Å². The summed E-state index contributed by atoms with van der Waals surface area (Å²) in [6.45, 7) is -0.308. The Morgan fingerprint density at radius 2 is 1.87 bits per heavy atom. The smallest absolute Gasteiger partial charge is 0.243 e. The molecule has 0 fully saturated rings. The van der Waals surface area contributed by atoms with Gasteiger partial charge in [-0.05, 0) is 54.1 Å². The van der Waals surface area contributed by atoms with Crippen molar-refractivity contribution in [2.24, 2.45) is 0 Å². The third-order valence-corrected chi connectivity index (χ3v) is 7.21. The molecule has 0 saturated heterocycles. The van der Waals surface area contributed by atoms with Crippen LogP contribution in [-0.4, -0.2) is 37.2 Å². The van der Waals surface area contributed by atoms with Crippen LogP contribution < -0.4 is 5.32 Å². The fourth-order valence-electron chi connectivity index (χ4n) is 2.60. The molecule has 156 valence electrons. The summed E-state index contributed by atoms with van der Waals surface area (Å²) < 4.78 is 26.2. The van der Waals surface area contributed by atoms with Gasteiger partial charge in [0.2, 0.25) is 15.9 Å². The lowest BCUT2D eigenvalue weighted by atomic mass is 10.2. The van der Waals surface area contributed by atoms with E-state index in [2.05, 4.69) is 10.3 Å². The van der Waals surface area contributed by atoms with Gasteiger partial charge in [0.1, 0.15) is 0 Å². The van der Waals surface area contributed by atoms with Gasteiger partial charge in [-0.15, -0.1) is 11.8 Å². The molecule has 9 heteroatoms. The third kappa shape index (κ3) is 6.06. The monoisotopic (exact) mass is 461 g/mol. The average Bonchev–Trinajstić information content (AvgIpc) is 2.73. The molecular weight excluding hydrogens is 442 g/mol. The van der Waals surface area contributed by atoms with Gasteiger partial charge in [0.05, 0.1) is 16.5 Å².